The van der Waals surface area contributed by atoms with E-state index in [2.05, 4.69) is 60.3 Å². The Hall–Kier alpha value is -3.36. The lowest BCUT2D eigenvalue weighted by Gasteiger charge is -2.43. The van der Waals surface area contributed by atoms with Gasteiger partial charge in [0.25, 0.3) is 0 Å². The van der Waals surface area contributed by atoms with E-state index in [0.717, 1.165) is 65.6 Å². The number of anilines is 3. The Balaban J connectivity index is 0.00000308. The van der Waals surface area contributed by atoms with Crippen LogP contribution in [0.25, 0.3) is 0 Å². The van der Waals surface area contributed by atoms with Crippen molar-refractivity contribution >= 4 is 48.0 Å². The van der Waals surface area contributed by atoms with E-state index in [1.165, 1.54) is 0 Å². The SMILES string of the molecule is COc1cccc(C2(CNC(=O)Nc3c(C(C)C)cc(N)cc3C(C)C)CCN(c3ncccc3OC)CC2)c1.Cl.Cl. The molecule has 1 aromatic heterocycles. The van der Waals surface area contributed by atoms with Crippen molar-refractivity contribution in [2.75, 3.05) is 49.8 Å². The van der Waals surface area contributed by atoms with Gasteiger partial charge in [0.2, 0.25) is 0 Å². The summed E-state index contributed by atoms with van der Waals surface area (Å²) in [5, 5.41) is 6.40. The minimum atomic E-state index is -0.271. The molecule has 0 unspecified atom stereocenters. The van der Waals surface area contributed by atoms with Crippen molar-refractivity contribution < 1.29 is 14.3 Å². The molecule has 230 valence electrons. The Morgan fingerprint density at radius 2 is 1.62 bits per heavy atom. The number of aromatic nitrogens is 1. The predicted octanol–water partition coefficient (Wildman–Crippen LogP) is 7.13. The van der Waals surface area contributed by atoms with Crippen LogP contribution in [0.2, 0.25) is 0 Å². The van der Waals surface area contributed by atoms with E-state index in [9.17, 15) is 4.79 Å². The largest absolute Gasteiger partial charge is 0.497 e. The van der Waals surface area contributed by atoms with Crippen LogP contribution in [0, 0.1) is 0 Å². The molecule has 0 aliphatic carbocycles. The molecule has 0 saturated carbocycles. The number of piperidine rings is 1. The number of carbonyl (C=O) groups excluding carboxylic acids is 1. The lowest BCUT2D eigenvalue weighted by Crippen LogP contribution is -2.50. The summed E-state index contributed by atoms with van der Waals surface area (Å²) in [4.78, 5) is 20.3. The molecule has 4 N–H and O–H groups in total. The molecule has 0 radical (unpaired) electrons. The summed E-state index contributed by atoms with van der Waals surface area (Å²) < 4.78 is 11.1. The van der Waals surface area contributed by atoms with Crippen molar-refractivity contribution in [3.63, 3.8) is 0 Å². The molecule has 0 bridgehead atoms. The van der Waals surface area contributed by atoms with Crippen LogP contribution in [-0.2, 0) is 5.41 Å². The van der Waals surface area contributed by atoms with Gasteiger partial charge >= 0.3 is 6.03 Å². The number of carbonyl (C=O) groups is 1. The zero-order chi connectivity index (χ0) is 28.9. The maximum Gasteiger partial charge on any atom is 0.319 e. The van der Waals surface area contributed by atoms with Gasteiger partial charge in [0.1, 0.15) is 5.75 Å². The number of amides is 2. The second-order valence-electron chi connectivity index (χ2n) is 11.2. The Labute approximate surface area is 262 Å². The van der Waals surface area contributed by atoms with Gasteiger partial charge in [-0.3, -0.25) is 0 Å². The zero-order valence-corrected chi connectivity index (χ0v) is 27.0. The normalized spacial score (nSPS) is 14.0. The molecule has 0 spiro atoms. The summed E-state index contributed by atoms with van der Waals surface area (Å²) in [5.41, 5.74) is 10.7. The van der Waals surface area contributed by atoms with Crippen LogP contribution in [0.3, 0.4) is 0 Å². The molecule has 42 heavy (non-hydrogen) atoms. The van der Waals surface area contributed by atoms with Crippen LogP contribution >= 0.6 is 24.8 Å². The van der Waals surface area contributed by atoms with E-state index in [1.807, 2.05) is 36.4 Å². The van der Waals surface area contributed by atoms with Crippen molar-refractivity contribution in [3.05, 3.63) is 71.4 Å². The zero-order valence-electron chi connectivity index (χ0n) is 25.4. The molecule has 1 fully saturated rings. The highest BCUT2D eigenvalue weighted by Gasteiger charge is 2.38. The second kappa shape index (κ2) is 15.2. The first-order chi connectivity index (χ1) is 19.2. The number of pyridine rings is 1. The fourth-order valence-electron chi connectivity index (χ4n) is 5.62. The molecule has 2 amide bonds. The lowest BCUT2D eigenvalue weighted by atomic mass is 9.72. The van der Waals surface area contributed by atoms with Crippen LogP contribution < -0.4 is 30.7 Å². The fraction of sp³-hybridized carbons (Fsp3) is 0.438. The van der Waals surface area contributed by atoms with E-state index < -0.39 is 0 Å². The van der Waals surface area contributed by atoms with Gasteiger partial charge < -0.3 is 30.7 Å². The number of nitrogen functional groups attached to an aromatic ring is 1. The lowest BCUT2D eigenvalue weighted by molar-refractivity contribution is 0.244. The minimum Gasteiger partial charge on any atom is -0.497 e. The number of hydrogen-bond donors (Lipinski definition) is 3. The van der Waals surface area contributed by atoms with Gasteiger partial charge in [-0.25, -0.2) is 9.78 Å². The van der Waals surface area contributed by atoms with Crippen LogP contribution in [0.4, 0.5) is 22.0 Å². The van der Waals surface area contributed by atoms with Crippen molar-refractivity contribution in [3.8, 4) is 11.5 Å². The van der Waals surface area contributed by atoms with Gasteiger partial charge in [0.05, 0.1) is 14.2 Å². The Kier molecular flexibility index (Phi) is 12.6. The van der Waals surface area contributed by atoms with Gasteiger partial charge in [-0.15, -0.1) is 24.8 Å². The molecule has 2 aromatic carbocycles. The maximum absolute atomic E-state index is 13.4. The molecule has 2 heterocycles. The van der Waals surface area contributed by atoms with E-state index in [0.29, 0.717) is 12.2 Å². The van der Waals surface area contributed by atoms with Crippen LogP contribution in [0.15, 0.2) is 54.7 Å². The summed E-state index contributed by atoms with van der Waals surface area (Å²) in [6, 6.07) is 15.7. The maximum atomic E-state index is 13.4. The molecule has 8 nitrogen and oxygen atoms in total. The Bertz CT molecular complexity index is 1300. The standard InChI is InChI=1S/C32H43N5O3.2ClH/c1-21(2)26-18-24(33)19-27(22(3)4)29(26)36-31(38)35-20-32(23-9-7-10-25(17-23)39-5)12-15-37(16-13-32)30-28(40-6)11-8-14-34-30;;/h7-11,14,17-19,21-22H,12-13,15-16,20,33H2,1-6H3,(H2,35,36,38);2*1H. The molecule has 1 aliphatic rings. The first-order valence-corrected chi connectivity index (χ1v) is 14.0. The first-order valence-electron chi connectivity index (χ1n) is 14.0. The van der Waals surface area contributed by atoms with Gasteiger partial charge in [0.15, 0.2) is 11.6 Å². The molecular formula is C32H45Cl2N5O3. The third-order valence-corrected chi connectivity index (χ3v) is 7.96. The number of methoxy groups -OCH3 is 2. The molecule has 1 saturated heterocycles. The summed E-state index contributed by atoms with van der Waals surface area (Å²) in [6.07, 6.45) is 3.45. The number of ether oxygens (including phenoxy) is 2. The van der Waals surface area contributed by atoms with Crippen molar-refractivity contribution in [2.24, 2.45) is 0 Å². The summed E-state index contributed by atoms with van der Waals surface area (Å²) in [5.74, 6) is 2.85. The Morgan fingerprint density at radius 3 is 2.19 bits per heavy atom. The molecule has 10 heteroatoms. The second-order valence-corrected chi connectivity index (χ2v) is 11.2. The van der Waals surface area contributed by atoms with Gasteiger partial charge in [-0.1, -0.05) is 39.8 Å². The fourth-order valence-corrected chi connectivity index (χ4v) is 5.62. The number of hydrogen-bond acceptors (Lipinski definition) is 6. The minimum absolute atomic E-state index is 0. The van der Waals surface area contributed by atoms with Crippen molar-refractivity contribution in [2.45, 2.75) is 57.8 Å². The highest BCUT2D eigenvalue weighted by atomic mass is 35.5. The number of nitrogens with two attached hydrogens (primary N) is 1. The highest BCUT2D eigenvalue weighted by Crippen LogP contribution is 2.39. The number of nitrogens with zero attached hydrogens (tertiary/aromatic N) is 2. The van der Waals surface area contributed by atoms with Crippen LogP contribution in [-0.4, -0.2) is 44.9 Å². The predicted molar refractivity (Wildman–Crippen MR) is 177 cm³/mol. The quantitative estimate of drug-likeness (QED) is 0.221. The van der Waals surface area contributed by atoms with Crippen LogP contribution in [0.5, 0.6) is 11.5 Å². The average molecular weight is 619 g/mol. The molecular weight excluding hydrogens is 573 g/mol. The number of nitrogens with one attached hydrogen (secondary N) is 2. The highest BCUT2D eigenvalue weighted by molar-refractivity contribution is 5.92. The molecule has 0 atom stereocenters. The number of urea groups is 1. The Morgan fingerprint density at radius 1 is 0.976 bits per heavy atom. The van der Waals surface area contributed by atoms with Crippen molar-refractivity contribution in [1.82, 2.24) is 10.3 Å². The molecule has 4 rings (SSSR count). The van der Waals surface area contributed by atoms with Crippen LogP contribution in [0.1, 0.15) is 69.1 Å². The van der Waals surface area contributed by atoms with Gasteiger partial charge in [-0.05, 0) is 77.8 Å². The number of rotatable bonds is 9. The first kappa shape index (κ1) is 34.8. The van der Waals surface area contributed by atoms with E-state index in [-0.39, 0.29) is 48.1 Å². The monoisotopic (exact) mass is 617 g/mol. The van der Waals surface area contributed by atoms with E-state index in [1.54, 1.807) is 20.4 Å². The summed E-state index contributed by atoms with van der Waals surface area (Å²) >= 11 is 0. The summed E-state index contributed by atoms with van der Waals surface area (Å²) in [7, 11) is 3.35. The summed E-state index contributed by atoms with van der Waals surface area (Å²) in [6.45, 7) is 10.5. The topological polar surface area (TPSA) is 102 Å². The third-order valence-electron chi connectivity index (χ3n) is 7.96. The smallest absolute Gasteiger partial charge is 0.319 e. The average Bonchev–Trinajstić information content (AvgIpc) is 2.96. The van der Waals surface area contributed by atoms with Crippen molar-refractivity contribution in [1.29, 1.82) is 0 Å². The van der Waals surface area contributed by atoms with E-state index >= 15 is 0 Å². The number of benzene rings is 2. The van der Waals surface area contributed by atoms with Gasteiger partial charge in [-0.2, -0.15) is 0 Å². The van der Waals surface area contributed by atoms with Gasteiger partial charge in [0, 0.05) is 42.6 Å². The third kappa shape index (κ3) is 7.72. The number of halogens is 2. The molecule has 1 aliphatic heterocycles. The van der Waals surface area contributed by atoms with E-state index in [4.69, 9.17) is 15.2 Å². The molecule has 3 aromatic rings.